The average Bonchev–Trinajstić information content (AvgIpc) is 2.70. The van der Waals surface area contributed by atoms with Crippen LogP contribution in [0.2, 0.25) is 0 Å². The van der Waals surface area contributed by atoms with Crippen LogP contribution in [-0.2, 0) is 10.0 Å². The third-order valence-corrected chi connectivity index (χ3v) is 6.40. The lowest BCUT2D eigenvalue weighted by Gasteiger charge is -2.18. The third kappa shape index (κ3) is 5.09. The Balaban J connectivity index is 2.41. The van der Waals surface area contributed by atoms with Crippen LogP contribution in [0.3, 0.4) is 0 Å². The third-order valence-electron chi connectivity index (χ3n) is 4.36. The summed E-state index contributed by atoms with van der Waals surface area (Å²) in [6, 6.07) is 10.1. The number of phenolic OH excluding ortho intramolecular Hbond substituents is 1. The molecule has 0 radical (unpaired) electrons. The molecule has 156 valence electrons. The Morgan fingerprint density at radius 3 is 2.28 bits per heavy atom. The lowest BCUT2D eigenvalue weighted by molar-refractivity contribution is -0.384. The number of benzene rings is 2. The largest absolute Gasteiger partial charge is 0.508 e. The molecule has 0 saturated heterocycles. The summed E-state index contributed by atoms with van der Waals surface area (Å²) in [5.74, 6) is 0.123. The quantitative estimate of drug-likeness (QED) is 0.363. The van der Waals surface area contributed by atoms with E-state index in [1.165, 1.54) is 28.6 Å². The summed E-state index contributed by atoms with van der Waals surface area (Å²) in [6.45, 7) is 5.82. The van der Waals surface area contributed by atoms with Gasteiger partial charge in [0, 0.05) is 19.2 Å². The molecule has 0 aliphatic rings. The number of nitrogens with zero attached hydrogens (tertiary/aromatic N) is 3. The number of nitro benzene ring substituents is 1. The summed E-state index contributed by atoms with van der Waals surface area (Å²) >= 11 is 0. The number of rotatable bonds is 9. The van der Waals surface area contributed by atoms with Crippen molar-refractivity contribution in [3.63, 3.8) is 0 Å². The Morgan fingerprint density at radius 1 is 1.14 bits per heavy atom. The van der Waals surface area contributed by atoms with Gasteiger partial charge >= 0.3 is 0 Å². The molecule has 2 aromatic carbocycles. The van der Waals surface area contributed by atoms with Crippen LogP contribution in [0.4, 0.5) is 11.4 Å². The van der Waals surface area contributed by atoms with Crippen LogP contribution >= 0.6 is 0 Å². The highest BCUT2D eigenvalue weighted by Gasteiger charge is 2.25. The minimum absolute atomic E-state index is 0.0817. The minimum atomic E-state index is -3.82. The molecular weight excluding hydrogens is 396 g/mol. The second-order valence-corrected chi connectivity index (χ2v) is 8.03. The highest BCUT2D eigenvalue weighted by atomic mass is 32.2. The van der Waals surface area contributed by atoms with Gasteiger partial charge in [0.15, 0.2) is 0 Å². The Hall–Kier alpha value is -2.98. The monoisotopic (exact) mass is 420 g/mol. The van der Waals surface area contributed by atoms with Crippen molar-refractivity contribution >= 4 is 27.1 Å². The molecule has 2 aromatic rings. The van der Waals surface area contributed by atoms with E-state index < -0.39 is 14.9 Å². The van der Waals surface area contributed by atoms with Crippen molar-refractivity contribution in [3.8, 4) is 5.75 Å². The maximum Gasteiger partial charge on any atom is 0.295 e. The van der Waals surface area contributed by atoms with Gasteiger partial charge in [0.2, 0.25) is 10.0 Å². The number of hydrogen-bond acceptors (Lipinski definition) is 7. The molecule has 0 saturated carbocycles. The van der Waals surface area contributed by atoms with Gasteiger partial charge in [0.05, 0.1) is 15.5 Å². The SMILES string of the molecule is CC/C(=N\Nc1ccc(S(=O)(=O)N(CC)CC)cc1[N+](=O)[O-])c1ccc(O)cc1. The number of aromatic hydroxyl groups is 1. The van der Waals surface area contributed by atoms with E-state index in [0.29, 0.717) is 12.1 Å². The summed E-state index contributed by atoms with van der Waals surface area (Å²) < 4.78 is 26.5. The maximum absolute atomic E-state index is 12.6. The predicted molar refractivity (Wildman–Crippen MR) is 112 cm³/mol. The maximum atomic E-state index is 12.6. The van der Waals surface area contributed by atoms with Crippen molar-refractivity contribution < 1.29 is 18.4 Å². The molecule has 2 rings (SSSR count). The lowest BCUT2D eigenvalue weighted by Crippen LogP contribution is -2.30. The van der Waals surface area contributed by atoms with Crippen LogP contribution in [-0.4, -0.2) is 41.6 Å². The van der Waals surface area contributed by atoms with Crippen molar-refractivity contribution in [2.24, 2.45) is 5.10 Å². The standard InChI is InChI=1S/C19H24N4O5S/c1-4-17(14-7-9-15(24)10-8-14)20-21-18-12-11-16(13-19(18)23(25)26)29(27,28)22(5-2)6-3/h7-13,21,24H,4-6H2,1-3H3/b20-17+. The fourth-order valence-electron chi connectivity index (χ4n) is 2.76. The first-order chi connectivity index (χ1) is 13.7. The molecule has 0 amide bonds. The summed E-state index contributed by atoms with van der Waals surface area (Å²) in [7, 11) is -3.82. The number of hydrazone groups is 1. The average molecular weight is 420 g/mol. The van der Waals surface area contributed by atoms with Crippen molar-refractivity contribution in [1.29, 1.82) is 0 Å². The molecule has 0 aliphatic carbocycles. The highest BCUT2D eigenvalue weighted by Crippen LogP contribution is 2.29. The van der Waals surface area contributed by atoms with E-state index in [9.17, 15) is 23.6 Å². The second-order valence-electron chi connectivity index (χ2n) is 6.10. The van der Waals surface area contributed by atoms with Crippen molar-refractivity contribution in [1.82, 2.24) is 4.31 Å². The van der Waals surface area contributed by atoms with Crippen LogP contribution in [0, 0.1) is 10.1 Å². The van der Waals surface area contributed by atoms with Gasteiger partial charge in [-0.2, -0.15) is 9.41 Å². The van der Waals surface area contributed by atoms with Gasteiger partial charge in [-0.3, -0.25) is 15.5 Å². The Bertz CT molecular complexity index is 1000. The fourth-order valence-corrected chi connectivity index (χ4v) is 4.24. The molecule has 0 bridgehead atoms. The predicted octanol–water partition coefficient (Wildman–Crippen LogP) is 3.56. The van der Waals surface area contributed by atoms with E-state index in [4.69, 9.17) is 0 Å². The number of anilines is 1. The van der Waals surface area contributed by atoms with Crippen molar-refractivity contribution in [3.05, 3.63) is 58.1 Å². The Morgan fingerprint density at radius 2 is 1.76 bits per heavy atom. The van der Waals surface area contributed by atoms with Gasteiger partial charge in [-0.25, -0.2) is 8.42 Å². The molecule has 0 heterocycles. The molecule has 29 heavy (non-hydrogen) atoms. The van der Waals surface area contributed by atoms with Gasteiger partial charge in [0.1, 0.15) is 11.4 Å². The number of nitrogens with one attached hydrogen (secondary N) is 1. The molecule has 0 atom stereocenters. The van der Waals surface area contributed by atoms with Gasteiger partial charge < -0.3 is 5.11 Å². The van der Waals surface area contributed by atoms with Crippen LogP contribution in [0.25, 0.3) is 0 Å². The summed E-state index contributed by atoms with van der Waals surface area (Å²) in [5, 5.41) is 25.1. The van der Waals surface area contributed by atoms with Crippen LogP contribution in [0.15, 0.2) is 52.5 Å². The van der Waals surface area contributed by atoms with Crippen LogP contribution in [0.1, 0.15) is 32.8 Å². The molecule has 0 spiro atoms. The van der Waals surface area contributed by atoms with Gasteiger partial charge in [-0.05, 0) is 48.4 Å². The highest BCUT2D eigenvalue weighted by molar-refractivity contribution is 7.89. The number of sulfonamides is 1. The smallest absolute Gasteiger partial charge is 0.295 e. The minimum Gasteiger partial charge on any atom is -0.508 e. The molecule has 0 unspecified atom stereocenters. The number of nitro groups is 1. The van der Waals surface area contributed by atoms with E-state index in [1.807, 2.05) is 6.92 Å². The van der Waals surface area contributed by atoms with E-state index in [2.05, 4.69) is 10.5 Å². The summed E-state index contributed by atoms with van der Waals surface area (Å²) in [6.07, 6.45) is 0.542. The number of phenols is 1. The van der Waals surface area contributed by atoms with Gasteiger partial charge in [-0.1, -0.05) is 20.8 Å². The molecule has 0 fully saturated rings. The van der Waals surface area contributed by atoms with E-state index >= 15 is 0 Å². The topological polar surface area (TPSA) is 125 Å². The van der Waals surface area contributed by atoms with E-state index in [-0.39, 0.29) is 35.1 Å². The molecular formula is C19H24N4O5S. The molecule has 2 N–H and O–H groups in total. The summed E-state index contributed by atoms with van der Waals surface area (Å²) in [4.78, 5) is 10.7. The molecule has 10 heteroatoms. The lowest BCUT2D eigenvalue weighted by atomic mass is 10.1. The fraction of sp³-hybridized carbons (Fsp3) is 0.316. The zero-order valence-corrected chi connectivity index (χ0v) is 17.3. The van der Waals surface area contributed by atoms with E-state index in [1.54, 1.807) is 26.0 Å². The zero-order chi connectivity index (χ0) is 21.6. The first kappa shape index (κ1) is 22.3. The Labute approximate surface area is 169 Å². The molecule has 0 aliphatic heterocycles. The van der Waals surface area contributed by atoms with Crippen LogP contribution < -0.4 is 5.43 Å². The normalized spacial score (nSPS) is 12.2. The van der Waals surface area contributed by atoms with Crippen molar-refractivity contribution in [2.45, 2.75) is 32.1 Å². The number of hydrogen-bond donors (Lipinski definition) is 2. The second kappa shape index (κ2) is 9.48. The van der Waals surface area contributed by atoms with Crippen molar-refractivity contribution in [2.75, 3.05) is 18.5 Å². The van der Waals surface area contributed by atoms with E-state index in [0.717, 1.165) is 11.6 Å². The zero-order valence-electron chi connectivity index (χ0n) is 16.5. The Kier molecular flexibility index (Phi) is 7.29. The molecule has 0 aromatic heterocycles. The first-order valence-electron chi connectivity index (χ1n) is 9.15. The van der Waals surface area contributed by atoms with Crippen LogP contribution in [0.5, 0.6) is 5.75 Å². The summed E-state index contributed by atoms with van der Waals surface area (Å²) in [5.41, 5.74) is 3.74. The molecule has 9 nitrogen and oxygen atoms in total. The van der Waals surface area contributed by atoms with Gasteiger partial charge in [0.25, 0.3) is 5.69 Å². The van der Waals surface area contributed by atoms with Gasteiger partial charge in [-0.15, -0.1) is 0 Å². The first-order valence-corrected chi connectivity index (χ1v) is 10.6.